The molecule has 1 aromatic rings. The number of ether oxygens (including phenoxy) is 1. The van der Waals surface area contributed by atoms with E-state index < -0.39 is 10.8 Å². The number of nitrogens with two attached hydrogens (primary N) is 1. The second kappa shape index (κ2) is 7.55. The van der Waals surface area contributed by atoms with E-state index >= 15 is 0 Å². The van der Waals surface area contributed by atoms with E-state index in [-0.39, 0.29) is 35.4 Å². The van der Waals surface area contributed by atoms with Crippen molar-refractivity contribution in [2.24, 2.45) is 5.73 Å². The van der Waals surface area contributed by atoms with Gasteiger partial charge in [0.05, 0.1) is 12.0 Å². The lowest BCUT2D eigenvalue weighted by Gasteiger charge is -2.11. The monoisotopic (exact) mass is 289 g/mol. The SMILES string of the molecule is COc1ccc(C(=O)N[C@@H](C)CN)cc1[N+](=O)[O-].Cl. The summed E-state index contributed by atoms with van der Waals surface area (Å²) in [5.41, 5.74) is 5.33. The maximum atomic E-state index is 11.8. The Labute approximate surface area is 116 Å². The van der Waals surface area contributed by atoms with Crippen LogP contribution in [0.25, 0.3) is 0 Å². The Bertz CT molecular complexity index is 467. The number of carbonyl (C=O) groups excluding carboxylic acids is 1. The van der Waals surface area contributed by atoms with Crippen LogP contribution in [0.15, 0.2) is 18.2 Å². The van der Waals surface area contributed by atoms with Crippen LogP contribution < -0.4 is 15.8 Å². The van der Waals surface area contributed by atoms with Crippen molar-refractivity contribution in [1.82, 2.24) is 5.32 Å². The molecule has 1 atom stereocenters. The molecule has 0 saturated heterocycles. The Hall–Kier alpha value is -1.86. The lowest BCUT2D eigenvalue weighted by molar-refractivity contribution is -0.385. The number of hydrogen-bond acceptors (Lipinski definition) is 5. The van der Waals surface area contributed by atoms with Crippen molar-refractivity contribution >= 4 is 24.0 Å². The Kier molecular flexibility index (Phi) is 6.81. The highest BCUT2D eigenvalue weighted by molar-refractivity contribution is 5.95. The lowest BCUT2D eigenvalue weighted by Crippen LogP contribution is -2.37. The molecule has 106 valence electrons. The van der Waals surface area contributed by atoms with Crippen LogP contribution in [0.4, 0.5) is 5.69 Å². The lowest BCUT2D eigenvalue weighted by atomic mass is 10.1. The third kappa shape index (κ3) is 4.38. The minimum Gasteiger partial charge on any atom is -0.490 e. The molecule has 19 heavy (non-hydrogen) atoms. The fourth-order valence-electron chi connectivity index (χ4n) is 1.34. The van der Waals surface area contributed by atoms with Crippen LogP contribution in [0.1, 0.15) is 17.3 Å². The molecule has 0 aliphatic rings. The summed E-state index contributed by atoms with van der Waals surface area (Å²) in [7, 11) is 1.33. The van der Waals surface area contributed by atoms with Crippen molar-refractivity contribution in [2.75, 3.05) is 13.7 Å². The predicted molar refractivity (Wildman–Crippen MR) is 72.9 cm³/mol. The van der Waals surface area contributed by atoms with E-state index in [1.54, 1.807) is 6.92 Å². The third-order valence-corrected chi connectivity index (χ3v) is 2.37. The molecule has 1 rings (SSSR count). The molecular weight excluding hydrogens is 274 g/mol. The maximum Gasteiger partial charge on any atom is 0.311 e. The number of nitro benzene ring substituents is 1. The Morgan fingerprint density at radius 2 is 2.21 bits per heavy atom. The normalized spacial score (nSPS) is 11.1. The Morgan fingerprint density at radius 1 is 1.58 bits per heavy atom. The van der Waals surface area contributed by atoms with Crippen molar-refractivity contribution in [3.8, 4) is 5.75 Å². The zero-order chi connectivity index (χ0) is 13.7. The second-order valence-electron chi connectivity index (χ2n) is 3.75. The van der Waals surface area contributed by atoms with E-state index in [2.05, 4.69) is 5.32 Å². The van der Waals surface area contributed by atoms with E-state index in [0.717, 1.165) is 0 Å². The van der Waals surface area contributed by atoms with Crippen molar-refractivity contribution in [2.45, 2.75) is 13.0 Å². The summed E-state index contributed by atoms with van der Waals surface area (Å²) in [4.78, 5) is 22.0. The van der Waals surface area contributed by atoms with Gasteiger partial charge in [-0.1, -0.05) is 0 Å². The van der Waals surface area contributed by atoms with Gasteiger partial charge in [0.2, 0.25) is 0 Å². The topological polar surface area (TPSA) is 107 Å². The molecule has 3 N–H and O–H groups in total. The first kappa shape index (κ1) is 17.1. The molecule has 0 bridgehead atoms. The summed E-state index contributed by atoms with van der Waals surface area (Å²) in [6.07, 6.45) is 0. The fourth-order valence-corrected chi connectivity index (χ4v) is 1.34. The standard InChI is InChI=1S/C11H15N3O4.ClH/c1-7(6-12)13-11(15)8-3-4-10(18-2)9(5-8)14(16)17;/h3-5,7H,6,12H2,1-2H3,(H,13,15);1H/t7-;/m0./s1. The van der Waals surface area contributed by atoms with E-state index in [1.165, 1.54) is 25.3 Å². The van der Waals surface area contributed by atoms with Crippen LogP contribution in [-0.4, -0.2) is 30.5 Å². The molecular formula is C11H16ClN3O4. The quantitative estimate of drug-likeness (QED) is 0.623. The predicted octanol–water partition coefficient (Wildman–Crippen LogP) is 1.10. The minimum absolute atomic E-state index is 0. The van der Waals surface area contributed by atoms with Gasteiger partial charge in [-0.05, 0) is 19.1 Å². The van der Waals surface area contributed by atoms with Crippen LogP contribution in [0.5, 0.6) is 5.75 Å². The molecule has 0 fully saturated rings. The first-order chi connectivity index (χ1) is 8.49. The van der Waals surface area contributed by atoms with Gasteiger partial charge < -0.3 is 15.8 Å². The first-order valence-corrected chi connectivity index (χ1v) is 5.33. The van der Waals surface area contributed by atoms with Gasteiger partial charge in [0.1, 0.15) is 0 Å². The van der Waals surface area contributed by atoms with Crippen molar-refractivity contribution < 1.29 is 14.5 Å². The number of nitrogens with one attached hydrogen (secondary N) is 1. The van der Waals surface area contributed by atoms with Crippen LogP contribution in [0, 0.1) is 10.1 Å². The van der Waals surface area contributed by atoms with Crippen LogP contribution >= 0.6 is 12.4 Å². The molecule has 1 amide bonds. The Balaban J connectivity index is 0.00000324. The molecule has 1 aromatic carbocycles. The molecule has 0 aliphatic heterocycles. The van der Waals surface area contributed by atoms with Gasteiger partial charge in [0, 0.05) is 24.2 Å². The number of nitrogens with zero attached hydrogens (tertiary/aromatic N) is 1. The molecule has 0 radical (unpaired) electrons. The van der Waals surface area contributed by atoms with E-state index in [4.69, 9.17) is 10.5 Å². The zero-order valence-electron chi connectivity index (χ0n) is 10.6. The Morgan fingerprint density at radius 3 is 2.68 bits per heavy atom. The smallest absolute Gasteiger partial charge is 0.311 e. The number of benzene rings is 1. The van der Waals surface area contributed by atoms with Gasteiger partial charge in [-0.25, -0.2) is 0 Å². The van der Waals surface area contributed by atoms with Crippen molar-refractivity contribution in [1.29, 1.82) is 0 Å². The van der Waals surface area contributed by atoms with Crippen LogP contribution in [-0.2, 0) is 0 Å². The van der Waals surface area contributed by atoms with E-state index in [1.807, 2.05) is 0 Å². The highest BCUT2D eigenvalue weighted by Crippen LogP contribution is 2.27. The molecule has 7 nitrogen and oxygen atoms in total. The summed E-state index contributed by atoms with van der Waals surface area (Å²) < 4.78 is 4.85. The molecule has 0 heterocycles. The summed E-state index contributed by atoms with van der Waals surface area (Å²) in [6.45, 7) is 2.04. The minimum atomic E-state index is -0.595. The van der Waals surface area contributed by atoms with Crippen LogP contribution in [0.2, 0.25) is 0 Å². The zero-order valence-corrected chi connectivity index (χ0v) is 11.4. The molecule has 0 aliphatic carbocycles. The number of amides is 1. The van der Waals surface area contributed by atoms with Gasteiger partial charge in [0.15, 0.2) is 5.75 Å². The number of methoxy groups -OCH3 is 1. The van der Waals surface area contributed by atoms with Crippen LogP contribution in [0.3, 0.4) is 0 Å². The van der Waals surface area contributed by atoms with E-state index in [0.29, 0.717) is 6.54 Å². The van der Waals surface area contributed by atoms with Gasteiger partial charge in [-0.15, -0.1) is 12.4 Å². The number of halogens is 1. The summed E-state index contributed by atoms with van der Waals surface area (Å²) in [5.74, 6) is -0.290. The molecule has 0 aromatic heterocycles. The van der Waals surface area contributed by atoms with Gasteiger partial charge in [-0.2, -0.15) is 0 Å². The molecule has 8 heteroatoms. The van der Waals surface area contributed by atoms with Crippen molar-refractivity contribution in [3.63, 3.8) is 0 Å². The highest BCUT2D eigenvalue weighted by atomic mass is 35.5. The summed E-state index contributed by atoms with van der Waals surface area (Å²) in [5, 5.41) is 13.4. The van der Waals surface area contributed by atoms with E-state index in [9.17, 15) is 14.9 Å². The van der Waals surface area contributed by atoms with Gasteiger partial charge in [0.25, 0.3) is 5.91 Å². The average molecular weight is 290 g/mol. The largest absolute Gasteiger partial charge is 0.490 e. The summed E-state index contributed by atoms with van der Waals surface area (Å²) in [6, 6.07) is 3.83. The van der Waals surface area contributed by atoms with Crippen molar-refractivity contribution in [3.05, 3.63) is 33.9 Å². The van der Waals surface area contributed by atoms with Gasteiger partial charge >= 0.3 is 5.69 Å². The number of carbonyl (C=O) groups is 1. The third-order valence-electron chi connectivity index (χ3n) is 2.37. The highest BCUT2D eigenvalue weighted by Gasteiger charge is 2.18. The molecule has 0 unspecified atom stereocenters. The van der Waals surface area contributed by atoms with Gasteiger partial charge in [-0.3, -0.25) is 14.9 Å². The first-order valence-electron chi connectivity index (χ1n) is 5.33. The average Bonchev–Trinajstić information content (AvgIpc) is 2.37. The molecule has 0 spiro atoms. The summed E-state index contributed by atoms with van der Waals surface area (Å²) >= 11 is 0. The second-order valence-corrected chi connectivity index (χ2v) is 3.75. The molecule has 0 saturated carbocycles. The number of hydrogen-bond donors (Lipinski definition) is 2. The fraction of sp³-hybridized carbons (Fsp3) is 0.364. The number of nitro groups is 1. The maximum absolute atomic E-state index is 11.8. The number of rotatable bonds is 5.